The summed E-state index contributed by atoms with van der Waals surface area (Å²) in [5, 5.41) is 16.7. The van der Waals surface area contributed by atoms with Gasteiger partial charge in [-0.3, -0.25) is 4.79 Å². The summed E-state index contributed by atoms with van der Waals surface area (Å²) >= 11 is 0. The summed E-state index contributed by atoms with van der Waals surface area (Å²) < 4.78 is 11.1. The number of hydrogen-bond acceptors (Lipinski definition) is 6. The summed E-state index contributed by atoms with van der Waals surface area (Å²) in [6, 6.07) is 15.2. The first-order valence-corrected chi connectivity index (χ1v) is 12.7. The molecule has 3 N–H and O–H groups in total. The molecule has 2 unspecified atom stereocenters. The Labute approximate surface area is 211 Å². The van der Waals surface area contributed by atoms with E-state index in [9.17, 15) is 14.7 Å². The molecule has 36 heavy (non-hydrogen) atoms. The summed E-state index contributed by atoms with van der Waals surface area (Å²) in [5.74, 6) is -0.209. The number of aromatic nitrogens is 1. The quantitative estimate of drug-likeness (QED) is 0.365. The zero-order chi connectivity index (χ0) is 25.5. The highest BCUT2D eigenvalue weighted by Gasteiger charge is 2.36. The molecule has 3 aromatic rings. The number of amides is 2. The van der Waals surface area contributed by atoms with Gasteiger partial charge in [-0.1, -0.05) is 69.2 Å². The van der Waals surface area contributed by atoms with Gasteiger partial charge in [-0.15, -0.1) is 0 Å². The normalized spacial score (nSPS) is 17.3. The minimum Gasteiger partial charge on any atom is -0.445 e. The molecule has 4 rings (SSSR count). The number of para-hydroxylation sites is 2. The molecule has 8 nitrogen and oxygen atoms in total. The van der Waals surface area contributed by atoms with Crippen molar-refractivity contribution in [2.75, 3.05) is 0 Å². The minimum absolute atomic E-state index is 0.0463. The smallest absolute Gasteiger partial charge is 0.408 e. The van der Waals surface area contributed by atoms with Crippen molar-refractivity contribution in [1.29, 1.82) is 0 Å². The fraction of sp³-hybridized carbons (Fsp3) is 0.464. The van der Waals surface area contributed by atoms with Gasteiger partial charge in [0.2, 0.25) is 11.8 Å². The molecule has 0 radical (unpaired) electrons. The number of carbonyl (C=O) groups excluding carboxylic acids is 2. The van der Waals surface area contributed by atoms with Gasteiger partial charge in [0.15, 0.2) is 11.7 Å². The maximum Gasteiger partial charge on any atom is 0.408 e. The maximum atomic E-state index is 13.4. The second kappa shape index (κ2) is 11.6. The first-order valence-electron chi connectivity index (χ1n) is 12.7. The van der Waals surface area contributed by atoms with Gasteiger partial charge in [0, 0.05) is 0 Å². The Balaban J connectivity index is 1.44. The van der Waals surface area contributed by atoms with Gasteiger partial charge < -0.3 is 24.9 Å². The Morgan fingerprint density at radius 1 is 1.08 bits per heavy atom. The number of carbonyl (C=O) groups is 2. The van der Waals surface area contributed by atoms with E-state index in [1.54, 1.807) is 12.1 Å². The van der Waals surface area contributed by atoms with Crippen LogP contribution in [0.2, 0.25) is 0 Å². The molecule has 8 heteroatoms. The lowest BCUT2D eigenvalue weighted by atomic mass is 9.81. The van der Waals surface area contributed by atoms with Crippen LogP contribution in [0.15, 0.2) is 59.0 Å². The van der Waals surface area contributed by atoms with Crippen molar-refractivity contribution in [2.24, 2.45) is 5.41 Å². The zero-order valence-corrected chi connectivity index (χ0v) is 20.9. The third-order valence-corrected chi connectivity index (χ3v) is 7.04. The van der Waals surface area contributed by atoms with Crippen molar-refractivity contribution < 1.29 is 23.8 Å². The van der Waals surface area contributed by atoms with Crippen LogP contribution in [-0.4, -0.2) is 34.2 Å². The van der Waals surface area contributed by atoms with Crippen LogP contribution in [0.4, 0.5) is 4.79 Å². The molecule has 1 saturated carbocycles. The van der Waals surface area contributed by atoms with Crippen LogP contribution in [0.3, 0.4) is 0 Å². The highest BCUT2D eigenvalue weighted by atomic mass is 16.5. The number of fused-ring (bicyclic) bond motifs is 1. The second-order valence-electron chi connectivity index (χ2n) is 9.97. The molecule has 0 saturated heterocycles. The standard InChI is InChI=1S/C28H35N3O5/c1-3-20(24(32)26-30-21-13-7-8-14-23(21)36-26)29-25(33)22(17-28(2)15-9-10-16-28)31-27(34)35-18-19-11-5-4-6-12-19/h4-8,11-14,20,22,24,32H,3,9-10,15-18H2,1-2H3,(H,29,33)(H,31,34)/t20?,22?,24-/m0/s1. The lowest BCUT2D eigenvalue weighted by molar-refractivity contribution is -0.125. The Morgan fingerprint density at radius 3 is 2.47 bits per heavy atom. The number of rotatable bonds is 10. The van der Waals surface area contributed by atoms with E-state index in [0.717, 1.165) is 31.2 Å². The minimum atomic E-state index is -1.13. The van der Waals surface area contributed by atoms with Crippen molar-refractivity contribution in [3.8, 4) is 0 Å². The van der Waals surface area contributed by atoms with E-state index in [-0.39, 0.29) is 23.8 Å². The average Bonchev–Trinajstić information content (AvgIpc) is 3.52. The fourth-order valence-corrected chi connectivity index (χ4v) is 4.92. The topological polar surface area (TPSA) is 114 Å². The van der Waals surface area contributed by atoms with E-state index < -0.39 is 24.3 Å². The van der Waals surface area contributed by atoms with Crippen molar-refractivity contribution >= 4 is 23.1 Å². The number of ether oxygens (including phenoxy) is 1. The van der Waals surface area contributed by atoms with E-state index in [1.807, 2.05) is 49.4 Å². The number of aliphatic hydroxyl groups excluding tert-OH is 1. The van der Waals surface area contributed by atoms with Gasteiger partial charge in [0.25, 0.3) is 0 Å². The number of nitrogens with one attached hydrogen (secondary N) is 2. The van der Waals surface area contributed by atoms with Crippen LogP contribution < -0.4 is 10.6 Å². The fourth-order valence-electron chi connectivity index (χ4n) is 4.92. The lowest BCUT2D eigenvalue weighted by Crippen LogP contribution is -2.52. The summed E-state index contributed by atoms with van der Waals surface area (Å²) in [6.07, 6.45) is 3.39. The van der Waals surface area contributed by atoms with Gasteiger partial charge in [-0.2, -0.15) is 0 Å². The molecular weight excluding hydrogens is 458 g/mol. The third-order valence-electron chi connectivity index (χ3n) is 7.04. The molecule has 2 amide bonds. The molecule has 1 aromatic heterocycles. The predicted molar refractivity (Wildman–Crippen MR) is 136 cm³/mol. The van der Waals surface area contributed by atoms with Gasteiger partial charge in [0.05, 0.1) is 6.04 Å². The predicted octanol–water partition coefficient (Wildman–Crippen LogP) is 5.02. The van der Waals surface area contributed by atoms with Crippen LogP contribution in [0, 0.1) is 5.41 Å². The summed E-state index contributed by atoms with van der Waals surface area (Å²) in [6.45, 7) is 4.14. The average molecular weight is 494 g/mol. The molecule has 2 aromatic carbocycles. The number of aliphatic hydroxyl groups is 1. The van der Waals surface area contributed by atoms with Gasteiger partial charge in [0.1, 0.15) is 18.2 Å². The van der Waals surface area contributed by atoms with E-state index in [4.69, 9.17) is 9.15 Å². The molecule has 1 heterocycles. The first kappa shape index (κ1) is 25.7. The van der Waals surface area contributed by atoms with Crippen LogP contribution in [0.25, 0.3) is 11.1 Å². The molecule has 1 aliphatic rings. The van der Waals surface area contributed by atoms with Crippen LogP contribution >= 0.6 is 0 Å². The Kier molecular flexibility index (Phi) is 8.25. The number of oxazole rings is 1. The Morgan fingerprint density at radius 2 is 1.78 bits per heavy atom. The van der Waals surface area contributed by atoms with E-state index in [2.05, 4.69) is 22.5 Å². The van der Waals surface area contributed by atoms with Crippen LogP contribution in [0.1, 0.15) is 69.9 Å². The molecule has 1 fully saturated rings. The highest BCUT2D eigenvalue weighted by Crippen LogP contribution is 2.41. The highest BCUT2D eigenvalue weighted by molar-refractivity contribution is 5.86. The van der Waals surface area contributed by atoms with E-state index >= 15 is 0 Å². The van der Waals surface area contributed by atoms with Gasteiger partial charge in [-0.25, -0.2) is 9.78 Å². The molecule has 3 atom stereocenters. The number of benzene rings is 2. The van der Waals surface area contributed by atoms with E-state index in [0.29, 0.717) is 23.9 Å². The van der Waals surface area contributed by atoms with Gasteiger partial charge in [-0.05, 0) is 48.8 Å². The maximum absolute atomic E-state index is 13.4. The number of nitrogens with zero attached hydrogens (tertiary/aromatic N) is 1. The van der Waals surface area contributed by atoms with Crippen molar-refractivity contribution in [1.82, 2.24) is 15.6 Å². The monoisotopic (exact) mass is 493 g/mol. The number of hydrogen-bond donors (Lipinski definition) is 3. The number of alkyl carbamates (subject to hydrolysis) is 1. The largest absolute Gasteiger partial charge is 0.445 e. The SMILES string of the molecule is CCC(NC(=O)C(CC1(C)CCCC1)NC(=O)OCc1ccccc1)[C@H](O)c1nc2ccccc2o1. The molecule has 1 aliphatic carbocycles. The molecule has 0 spiro atoms. The first-order chi connectivity index (χ1) is 17.4. The second-order valence-corrected chi connectivity index (χ2v) is 9.97. The molecular formula is C28H35N3O5. The molecule has 192 valence electrons. The van der Waals surface area contributed by atoms with Crippen molar-refractivity contribution in [3.63, 3.8) is 0 Å². The summed E-state index contributed by atoms with van der Waals surface area (Å²) in [4.78, 5) is 30.4. The molecule has 0 bridgehead atoms. The van der Waals surface area contributed by atoms with Crippen LogP contribution in [-0.2, 0) is 16.1 Å². The van der Waals surface area contributed by atoms with E-state index in [1.165, 1.54) is 0 Å². The molecule has 0 aliphatic heterocycles. The van der Waals surface area contributed by atoms with Crippen molar-refractivity contribution in [2.45, 2.75) is 77.2 Å². The van der Waals surface area contributed by atoms with Crippen LogP contribution in [0.5, 0.6) is 0 Å². The third kappa shape index (κ3) is 6.43. The van der Waals surface area contributed by atoms with Gasteiger partial charge >= 0.3 is 6.09 Å². The summed E-state index contributed by atoms with van der Waals surface area (Å²) in [7, 11) is 0. The Hall–Kier alpha value is -3.39. The summed E-state index contributed by atoms with van der Waals surface area (Å²) in [5.41, 5.74) is 2.03. The zero-order valence-electron chi connectivity index (χ0n) is 20.9. The van der Waals surface area contributed by atoms with Crippen molar-refractivity contribution in [3.05, 3.63) is 66.1 Å². The lowest BCUT2D eigenvalue weighted by Gasteiger charge is -2.30. The Bertz CT molecular complexity index is 1120.